The van der Waals surface area contributed by atoms with Gasteiger partial charge in [0.1, 0.15) is 5.75 Å². The summed E-state index contributed by atoms with van der Waals surface area (Å²) in [5, 5.41) is 0. The lowest BCUT2D eigenvalue weighted by Gasteiger charge is -2.28. The highest BCUT2D eigenvalue weighted by molar-refractivity contribution is 5.54. The van der Waals surface area contributed by atoms with Gasteiger partial charge in [0.15, 0.2) is 0 Å². The van der Waals surface area contributed by atoms with Crippen LogP contribution in [-0.2, 0) is 0 Å². The van der Waals surface area contributed by atoms with E-state index in [1.807, 2.05) is 12.1 Å². The molecule has 0 spiro atoms. The van der Waals surface area contributed by atoms with Crippen molar-refractivity contribution >= 4 is 6.08 Å². The first-order valence-corrected chi connectivity index (χ1v) is 6.94. The second-order valence-corrected chi connectivity index (χ2v) is 5.22. The Morgan fingerprint density at radius 2 is 1.89 bits per heavy atom. The van der Waals surface area contributed by atoms with Gasteiger partial charge in [0.25, 0.3) is 0 Å². The Hall–Kier alpha value is -1.54. The van der Waals surface area contributed by atoms with Crippen LogP contribution >= 0.6 is 0 Å². The molecule has 0 bridgehead atoms. The summed E-state index contributed by atoms with van der Waals surface area (Å²) in [5.74, 6) is 0.904. The van der Waals surface area contributed by atoms with Crippen LogP contribution in [0.5, 0.6) is 5.75 Å². The first-order valence-electron chi connectivity index (χ1n) is 6.94. The van der Waals surface area contributed by atoms with Crippen LogP contribution in [-0.4, -0.2) is 31.1 Å². The van der Waals surface area contributed by atoms with Gasteiger partial charge >= 0.3 is 0 Å². The summed E-state index contributed by atoms with van der Waals surface area (Å²) >= 11 is 0. The third kappa shape index (κ3) is 3.97. The summed E-state index contributed by atoms with van der Waals surface area (Å²) in [6.45, 7) is 6.74. The topological polar surface area (TPSA) is 12.5 Å². The van der Waals surface area contributed by atoms with Gasteiger partial charge in [-0.15, -0.1) is 0 Å². The number of ether oxygens (including phenoxy) is 1. The SMILES string of the molecule is COc1ccc(/C=C/C2=CCN(C(C)C)CC2)cc1. The number of benzene rings is 1. The summed E-state index contributed by atoms with van der Waals surface area (Å²) in [7, 11) is 1.69. The molecule has 0 saturated carbocycles. The van der Waals surface area contributed by atoms with Crippen molar-refractivity contribution in [2.45, 2.75) is 26.3 Å². The fourth-order valence-corrected chi connectivity index (χ4v) is 2.24. The Labute approximate surface area is 116 Å². The molecule has 0 unspecified atom stereocenters. The number of hydrogen-bond donors (Lipinski definition) is 0. The van der Waals surface area contributed by atoms with Gasteiger partial charge < -0.3 is 4.74 Å². The Balaban J connectivity index is 1.95. The third-order valence-electron chi connectivity index (χ3n) is 3.61. The molecule has 1 aromatic carbocycles. The summed E-state index contributed by atoms with van der Waals surface area (Å²) < 4.78 is 5.16. The van der Waals surface area contributed by atoms with E-state index < -0.39 is 0 Å². The van der Waals surface area contributed by atoms with Crippen molar-refractivity contribution < 1.29 is 4.74 Å². The predicted molar refractivity (Wildman–Crippen MR) is 81.4 cm³/mol. The van der Waals surface area contributed by atoms with Crippen LogP contribution in [0.3, 0.4) is 0 Å². The molecule has 1 heterocycles. The lowest BCUT2D eigenvalue weighted by Crippen LogP contribution is -2.34. The van der Waals surface area contributed by atoms with Crippen LogP contribution in [0.2, 0.25) is 0 Å². The Morgan fingerprint density at radius 1 is 1.16 bits per heavy atom. The highest BCUT2D eigenvalue weighted by atomic mass is 16.5. The number of rotatable bonds is 4. The maximum absolute atomic E-state index is 5.16. The van der Waals surface area contributed by atoms with Crippen molar-refractivity contribution in [2.75, 3.05) is 20.2 Å². The molecule has 1 aliphatic heterocycles. The number of allylic oxidation sites excluding steroid dienone is 1. The minimum Gasteiger partial charge on any atom is -0.497 e. The van der Waals surface area contributed by atoms with Gasteiger partial charge in [-0.1, -0.05) is 30.4 Å². The van der Waals surface area contributed by atoms with Crippen molar-refractivity contribution in [1.82, 2.24) is 4.90 Å². The van der Waals surface area contributed by atoms with Crippen molar-refractivity contribution in [1.29, 1.82) is 0 Å². The summed E-state index contributed by atoms with van der Waals surface area (Å²) in [5.41, 5.74) is 2.65. The van der Waals surface area contributed by atoms with E-state index >= 15 is 0 Å². The summed E-state index contributed by atoms with van der Waals surface area (Å²) in [4.78, 5) is 2.49. The molecule has 2 nitrogen and oxygen atoms in total. The van der Waals surface area contributed by atoms with Crippen molar-refractivity contribution in [2.24, 2.45) is 0 Å². The first kappa shape index (κ1) is 13.9. The molecule has 0 N–H and O–H groups in total. The summed E-state index contributed by atoms with van der Waals surface area (Å²) in [6.07, 6.45) is 7.89. The molecule has 19 heavy (non-hydrogen) atoms. The van der Waals surface area contributed by atoms with E-state index in [0.29, 0.717) is 6.04 Å². The highest BCUT2D eigenvalue weighted by Crippen LogP contribution is 2.17. The molecule has 1 aromatic rings. The molecule has 0 radical (unpaired) electrons. The van der Waals surface area contributed by atoms with Gasteiger partial charge in [-0.3, -0.25) is 4.90 Å². The average Bonchev–Trinajstić information content (AvgIpc) is 2.46. The Bertz CT molecular complexity index is 457. The zero-order valence-electron chi connectivity index (χ0n) is 12.1. The van der Waals surface area contributed by atoms with E-state index in [-0.39, 0.29) is 0 Å². The predicted octanol–water partition coefficient (Wildman–Crippen LogP) is 3.75. The molecular formula is C17H23NO. The second-order valence-electron chi connectivity index (χ2n) is 5.22. The fourth-order valence-electron chi connectivity index (χ4n) is 2.24. The number of methoxy groups -OCH3 is 1. The molecule has 1 aliphatic rings. The van der Waals surface area contributed by atoms with Crippen LogP contribution in [0, 0.1) is 0 Å². The molecule has 102 valence electrons. The Kier molecular flexibility index (Phi) is 4.80. The third-order valence-corrected chi connectivity index (χ3v) is 3.61. The monoisotopic (exact) mass is 257 g/mol. The van der Waals surface area contributed by atoms with Crippen molar-refractivity contribution in [3.05, 3.63) is 47.6 Å². The quantitative estimate of drug-likeness (QED) is 0.814. The van der Waals surface area contributed by atoms with Crippen molar-refractivity contribution in [3.8, 4) is 5.75 Å². The van der Waals surface area contributed by atoms with E-state index in [4.69, 9.17) is 4.74 Å². The van der Waals surface area contributed by atoms with Gasteiger partial charge in [-0.05, 0) is 43.5 Å². The second kappa shape index (κ2) is 6.58. The average molecular weight is 257 g/mol. The first-order chi connectivity index (χ1) is 9.19. The Morgan fingerprint density at radius 3 is 2.42 bits per heavy atom. The highest BCUT2D eigenvalue weighted by Gasteiger charge is 2.12. The van der Waals surface area contributed by atoms with Crippen LogP contribution in [0.4, 0.5) is 0 Å². The maximum atomic E-state index is 5.16. The lowest BCUT2D eigenvalue weighted by atomic mass is 10.1. The van der Waals surface area contributed by atoms with Gasteiger partial charge in [0, 0.05) is 19.1 Å². The molecule has 0 aliphatic carbocycles. The van der Waals surface area contributed by atoms with E-state index in [1.165, 1.54) is 11.1 Å². The van der Waals surface area contributed by atoms with E-state index in [2.05, 4.69) is 49.1 Å². The molecule has 0 amide bonds. The summed E-state index contributed by atoms with van der Waals surface area (Å²) in [6, 6.07) is 8.80. The molecule has 2 heteroatoms. The zero-order chi connectivity index (χ0) is 13.7. The van der Waals surface area contributed by atoms with E-state index in [0.717, 1.165) is 25.3 Å². The minimum atomic E-state index is 0.642. The lowest BCUT2D eigenvalue weighted by molar-refractivity contribution is 0.240. The van der Waals surface area contributed by atoms with Crippen LogP contribution in [0.25, 0.3) is 6.08 Å². The largest absolute Gasteiger partial charge is 0.497 e. The van der Waals surface area contributed by atoms with E-state index in [1.54, 1.807) is 7.11 Å². The number of hydrogen-bond acceptors (Lipinski definition) is 2. The standard InChI is InChI=1S/C17H23NO/c1-14(2)18-12-10-16(11-13-18)5-4-15-6-8-17(19-3)9-7-15/h4-10,14H,11-13H2,1-3H3/b5-4+. The van der Waals surface area contributed by atoms with Gasteiger partial charge in [0.2, 0.25) is 0 Å². The van der Waals surface area contributed by atoms with E-state index in [9.17, 15) is 0 Å². The zero-order valence-corrected chi connectivity index (χ0v) is 12.1. The van der Waals surface area contributed by atoms with Crippen LogP contribution in [0.1, 0.15) is 25.8 Å². The van der Waals surface area contributed by atoms with Crippen LogP contribution < -0.4 is 4.74 Å². The van der Waals surface area contributed by atoms with Gasteiger partial charge in [0.05, 0.1) is 7.11 Å². The van der Waals surface area contributed by atoms with Gasteiger partial charge in [-0.25, -0.2) is 0 Å². The molecule has 0 fully saturated rings. The van der Waals surface area contributed by atoms with Gasteiger partial charge in [-0.2, -0.15) is 0 Å². The molecular weight excluding hydrogens is 234 g/mol. The maximum Gasteiger partial charge on any atom is 0.118 e. The molecule has 0 saturated heterocycles. The fraction of sp³-hybridized carbons (Fsp3) is 0.412. The normalized spacial score (nSPS) is 16.9. The van der Waals surface area contributed by atoms with Crippen LogP contribution in [0.15, 0.2) is 42.0 Å². The molecule has 2 rings (SSSR count). The minimum absolute atomic E-state index is 0.642. The number of nitrogens with zero attached hydrogens (tertiary/aromatic N) is 1. The van der Waals surface area contributed by atoms with Crippen molar-refractivity contribution in [3.63, 3.8) is 0 Å². The molecule has 0 atom stereocenters. The smallest absolute Gasteiger partial charge is 0.118 e. The molecule has 0 aromatic heterocycles.